The summed E-state index contributed by atoms with van der Waals surface area (Å²) in [6.07, 6.45) is 2.93. The summed E-state index contributed by atoms with van der Waals surface area (Å²) in [7, 11) is 0. The molecule has 1 aliphatic heterocycles. The largest absolute Gasteiger partial charge is 0.454 e. The number of rotatable bonds is 2. The van der Waals surface area contributed by atoms with E-state index in [1.807, 2.05) is 0 Å². The first-order valence-corrected chi connectivity index (χ1v) is 5.34. The zero-order valence-electron chi connectivity index (χ0n) is 8.95. The van der Waals surface area contributed by atoms with Gasteiger partial charge in [0.2, 0.25) is 0 Å². The Hall–Kier alpha value is -1.09. The Morgan fingerprint density at radius 2 is 2.27 bits per heavy atom. The van der Waals surface area contributed by atoms with Crippen LogP contribution in [0.1, 0.15) is 26.2 Å². The number of esters is 1. The van der Waals surface area contributed by atoms with Gasteiger partial charge in [0.1, 0.15) is 6.10 Å². The first kappa shape index (κ1) is 10.4. The van der Waals surface area contributed by atoms with Crippen LogP contribution in [0.2, 0.25) is 0 Å². The molecule has 0 bridgehead atoms. The fraction of sp³-hybridized carbons (Fsp3) is 0.583. The Bertz CT molecular complexity index is 341. The summed E-state index contributed by atoms with van der Waals surface area (Å²) < 4.78 is 5.28. The van der Waals surface area contributed by atoms with Crippen molar-refractivity contribution in [2.45, 2.75) is 32.3 Å². The molecule has 2 unspecified atom stereocenters. The molecule has 0 saturated carbocycles. The Labute approximate surface area is 89.4 Å². The van der Waals surface area contributed by atoms with E-state index in [-0.39, 0.29) is 24.6 Å². The summed E-state index contributed by atoms with van der Waals surface area (Å²) in [6.45, 7) is 5.69. The summed E-state index contributed by atoms with van der Waals surface area (Å²) in [6, 6.07) is 0. The fourth-order valence-electron chi connectivity index (χ4n) is 2.43. The van der Waals surface area contributed by atoms with Gasteiger partial charge in [-0.2, -0.15) is 0 Å². The van der Waals surface area contributed by atoms with Gasteiger partial charge in [-0.15, -0.1) is 0 Å². The van der Waals surface area contributed by atoms with Crippen LogP contribution in [0.5, 0.6) is 0 Å². The number of hydrogen-bond acceptors (Lipinski definition) is 3. The van der Waals surface area contributed by atoms with Crippen molar-refractivity contribution in [3.05, 3.63) is 23.3 Å². The first-order valence-electron chi connectivity index (χ1n) is 5.34. The van der Waals surface area contributed by atoms with E-state index in [9.17, 15) is 9.90 Å². The molecule has 1 saturated heterocycles. The average Bonchev–Trinajstić information content (AvgIpc) is 2.73. The Balaban J connectivity index is 2.26. The summed E-state index contributed by atoms with van der Waals surface area (Å²) in [5.41, 5.74) is 2.91. The molecule has 3 heteroatoms. The van der Waals surface area contributed by atoms with Crippen LogP contribution in [0.15, 0.2) is 23.3 Å². The van der Waals surface area contributed by atoms with E-state index in [2.05, 4.69) is 13.5 Å². The lowest BCUT2D eigenvalue weighted by atomic mass is 9.91. The molecule has 0 aromatic heterocycles. The number of carbonyl (C=O) groups excluding carboxylic acids is 1. The van der Waals surface area contributed by atoms with Gasteiger partial charge >= 0.3 is 5.97 Å². The van der Waals surface area contributed by atoms with E-state index in [1.54, 1.807) is 0 Å². The summed E-state index contributed by atoms with van der Waals surface area (Å²) in [4.78, 5) is 11.4. The molecule has 2 atom stereocenters. The van der Waals surface area contributed by atoms with Crippen LogP contribution in [0, 0.1) is 5.92 Å². The van der Waals surface area contributed by atoms with Gasteiger partial charge in [-0.25, -0.2) is 4.79 Å². The van der Waals surface area contributed by atoms with Crippen molar-refractivity contribution in [2.24, 2.45) is 5.92 Å². The first-order chi connectivity index (χ1) is 7.15. The molecular formula is C12H16O3. The topological polar surface area (TPSA) is 46.5 Å². The van der Waals surface area contributed by atoms with Gasteiger partial charge in [-0.3, -0.25) is 0 Å². The second kappa shape index (κ2) is 3.81. The monoisotopic (exact) mass is 208 g/mol. The van der Waals surface area contributed by atoms with E-state index >= 15 is 0 Å². The third-order valence-corrected chi connectivity index (χ3v) is 3.40. The van der Waals surface area contributed by atoms with Gasteiger partial charge in [0.05, 0.1) is 12.5 Å². The molecular weight excluding hydrogens is 192 g/mol. The van der Waals surface area contributed by atoms with Crippen molar-refractivity contribution in [3.8, 4) is 0 Å². The Morgan fingerprint density at radius 3 is 2.80 bits per heavy atom. The molecule has 2 rings (SSSR count). The van der Waals surface area contributed by atoms with Crippen LogP contribution in [-0.4, -0.2) is 23.8 Å². The zero-order chi connectivity index (χ0) is 11.0. The molecule has 1 fully saturated rings. The van der Waals surface area contributed by atoms with Crippen molar-refractivity contribution >= 4 is 5.97 Å². The van der Waals surface area contributed by atoms with Crippen LogP contribution in [-0.2, 0) is 9.53 Å². The number of hydrogen-bond donors (Lipinski definition) is 1. The molecule has 3 nitrogen and oxygen atoms in total. The average molecular weight is 208 g/mol. The third-order valence-electron chi connectivity index (χ3n) is 3.40. The highest BCUT2D eigenvalue weighted by molar-refractivity contribution is 5.91. The molecule has 0 aromatic carbocycles. The number of aliphatic hydroxyl groups is 1. The molecule has 1 aliphatic carbocycles. The minimum absolute atomic E-state index is 0.0635. The van der Waals surface area contributed by atoms with Gasteiger partial charge in [-0.05, 0) is 31.8 Å². The van der Waals surface area contributed by atoms with Crippen molar-refractivity contribution in [3.63, 3.8) is 0 Å². The maximum absolute atomic E-state index is 11.4. The van der Waals surface area contributed by atoms with Gasteiger partial charge < -0.3 is 9.84 Å². The van der Waals surface area contributed by atoms with Crippen molar-refractivity contribution in [1.29, 1.82) is 0 Å². The number of carbonyl (C=O) groups is 1. The predicted molar refractivity (Wildman–Crippen MR) is 56.1 cm³/mol. The number of aliphatic hydroxyl groups excluding tert-OH is 1. The van der Waals surface area contributed by atoms with Crippen LogP contribution >= 0.6 is 0 Å². The van der Waals surface area contributed by atoms with Gasteiger partial charge in [0.15, 0.2) is 0 Å². The van der Waals surface area contributed by atoms with E-state index in [0.717, 1.165) is 19.3 Å². The quantitative estimate of drug-likeness (QED) is 0.426. The Morgan fingerprint density at radius 1 is 1.53 bits per heavy atom. The summed E-state index contributed by atoms with van der Waals surface area (Å²) in [5, 5.41) is 9.26. The highest BCUT2D eigenvalue weighted by atomic mass is 16.6. The standard InChI is InChI=1S/C12H16O3/c1-7-4-3-5-9(7)11-10(6-13)8(2)12(14)15-11/h10-11,13H,2-6H2,1H3. The second-order valence-corrected chi connectivity index (χ2v) is 4.30. The van der Waals surface area contributed by atoms with E-state index in [4.69, 9.17) is 4.74 Å². The second-order valence-electron chi connectivity index (χ2n) is 4.30. The highest BCUT2D eigenvalue weighted by Crippen LogP contribution is 2.38. The molecule has 82 valence electrons. The van der Waals surface area contributed by atoms with E-state index in [0.29, 0.717) is 5.57 Å². The Kier molecular flexibility index (Phi) is 2.65. The normalized spacial score (nSPS) is 31.3. The predicted octanol–water partition coefficient (Wildman–Crippen LogP) is 1.58. The highest BCUT2D eigenvalue weighted by Gasteiger charge is 2.41. The molecule has 1 N–H and O–H groups in total. The molecule has 0 amide bonds. The lowest BCUT2D eigenvalue weighted by Crippen LogP contribution is -2.22. The lowest BCUT2D eigenvalue weighted by molar-refractivity contribution is -0.137. The van der Waals surface area contributed by atoms with Crippen LogP contribution in [0.3, 0.4) is 0 Å². The fourth-order valence-corrected chi connectivity index (χ4v) is 2.43. The van der Waals surface area contributed by atoms with Gasteiger partial charge in [-0.1, -0.05) is 12.2 Å². The maximum Gasteiger partial charge on any atom is 0.334 e. The van der Waals surface area contributed by atoms with Gasteiger partial charge in [0, 0.05) is 5.57 Å². The minimum atomic E-state index is -0.355. The molecule has 0 radical (unpaired) electrons. The van der Waals surface area contributed by atoms with Crippen molar-refractivity contribution in [1.82, 2.24) is 0 Å². The van der Waals surface area contributed by atoms with Gasteiger partial charge in [0.25, 0.3) is 0 Å². The summed E-state index contributed by atoms with van der Waals surface area (Å²) in [5.74, 6) is -0.591. The molecule has 15 heavy (non-hydrogen) atoms. The van der Waals surface area contributed by atoms with Crippen LogP contribution in [0.4, 0.5) is 0 Å². The number of ether oxygens (including phenoxy) is 1. The SMILES string of the molecule is C=C1C(=O)OC(C2=C(C)CCC2)C1CO. The zero-order valence-corrected chi connectivity index (χ0v) is 8.95. The molecule has 2 aliphatic rings. The minimum Gasteiger partial charge on any atom is -0.454 e. The number of cyclic esters (lactones) is 1. The lowest BCUT2D eigenvalue weighted by Gasteiger charge is -2.17. The van der Waals surface area contributed by atoms with Crippen molar-refractivity contribution in [2.75, 3.05) is 6.61 Å². The molecule has 0 aromatic rings. The summed E-state index contributed by atoms with van der Waals surface area (Å²) >= 11 is 0. The van der Waals surface area contributed by atoms with E-state index < -0.39 is 0 Å². The number of allylic oxidation sites excluding steroid dienone is 1. The van der Waals surface area contributed by atoms with Crippen LogP contribution < -0.4 is 0 Å². The third kappa shape index (κ3) is 1.61. The molecule has 1 heterocycles. The van der Waals surface area contributed by atoms with E-state index in [1.165, 1.54) is 11.1 Å². The molecule has 0 spiro atoms. The van der Waals surface area contributed by atoms with Crippen molar-refractivity contribution < 1.29 is 14.6 Å². The van der Waals surface area contributed by atoms with Crippen LogP contribution in [0.25, 0.3) is 0 Å². The maximum atomic E-state index is 11.4. The smallest absolute Gasteiger partial charge is 0.334 e.